The number of aliphatic carboxylic acids is 1. The number of thiophene rings is 1. The Hall–Kier alpha value is -1.89. The molecular formula is C17H21NO5S. The van der Waals surface area contributed by atoms with E-state index >= 15 is 0 Å². The topological polar surface area (TPSA) is 92.7 Å². The lowest BCUT2D eigenvalue weighted by Crippen LogP contribution is -2.49. The van der Waals surface area contributed by atoms with Gasteiger partial charge < -0.3 is 15.2 Å². The van der Waals surface area contributed by atoms with Crippen LogP contribution in [0.2, 0.25) is 0 Å². The van der Waals surface area contributed by atoms with Crippen molar-refractivity contribution in [1.82, 2.24) is 0 Å². The molecule has 1 amide bonds. The molecule has 2 atom stereocenters. The molecule has 4 rings (SSSR count). The minimum atomic E-state index is -0.888. The Balaban J connectivity index is 1.78. The number of hydrogen-bond acceptors (Lipinski definition) is 5. The van der Waals surface area contributed by atoms with Crippen molar-refractivity contribution in [3.8, 4) is 0 Å². The fraction of sp³-hybridized carbons (Fsp3) is 0.588. The standard InChI is InChI=1S/C17H21NO5S/c1-2-23-17(22)11-7-8-24-15(11)18-14(19)12-9-3-5-10(6-4-9)13(12)16(20)21/h7-10,12-13H,2-6H2,1H3,(H,18,19)(H,20,21)/t9?,10?,12-,13-/m0/s1. The minimum absolute atomic E-state index is 0.0797. The number of carbonyl (C=O) groups is 3. The first kappa shape index (κ1) is 17.0. The molecule has 3 aliphatic rings. The largest absolute Gasteiger partial charge is 0.481 e. The van der Waals surface area contributed by atoms with E-state index in [2.05, 4.69) is 5.32 Å². The Kier molecular flexibility index (Phi) is 4.89. The summed E-state index contributed by atoms with van der Waals surface area (Å²) in [7, 11) is 0. The molecular weight excluding hydrogens is 330 g/mol. The molecule has 0 radical (unpaired) electrons. The lowest BCUT2D eigenvalue weighted by Gasteiger charge is -2.45. The number of carboxylic acid groups (broad SMARTS) is 1. The molecule has 0 aromatic carbocycles. The predicted molar refractivity (Wildman–Crippen MR) is 89.0 cm³/mol. The van der Waals surface area contributed by atoms with Gasteiger partial charge in [0, 0.05) is 0 Å². The van der Waals surface area contributed by atoms with Gasteiger partial charge in [0.1, 0.15) is 5.00 Å². The van der Waals surface area contributed by atoms with E-state index in [-0.39, 0.29) is 24.3 Å². The highest BCUT2D eigenvalue weighted by Crippen LogP contribution is 2.49. The molecule has 0 unspecified atom stereocenters. The van der Waals surface area contributed by atoms with E-state index in [1.54, 1.807) is 18.4 Å². The number of fused-ring (bicyclic) bond motifs is 3. The zero-order chi connectivity index (χ0) is 17.3. The smallest absolute Gasteiger partial charge is 0.341 e. The Bertz CT molecular complexity index is 647. The summed E-state index contributed by atoms with van der Waals surface area (Å²) < 4.78 is 4.99. The van der Waals surface area contributed by atoms with Crippen LogP contribution in [0.3, 0.4) is 0 Å². The fourth-order valence-corrected chi connectivity index (χ4v) is 4.93. The third-order valence-corrected chi connectivity index (χ3v) is 6.03. The van der Waals surface area contributed by atoms with Crippen LogP contribution in [0.25, 0.3) is 0 Å². The maximum Gasteiger partial charge on any atom is 0.341 e. The molecule has 6 nitrogen and oxygen atoms in total. The van der Waals surface area contributed by atoms with Crippen LogP contribution in [0.4, 0.5) is 5.00 Å². The molecule has 3 aliphatic carbocycles. The second-order valence-corrected chi connectivity index (χ2v) is 7.35. The number of anilines is 1. The number of carbonyl (C=O) groups excluding carboxylic acids is 2. The predicted octanol–water partition coefficient (Wildman–Crippen LogP) is 3.00. The van der Waals surface area contributed by atoms with Crippen LogP contribution in [0.15, 0.2) is 11.4 Å². The molecule has 0 saturated heterocycles. The monoisotopic (exact) mass is 351 g/mol. The van der Waals surface area contributed by atoms with Crippen LogP contribution in [-0.4, -0.2) is 29.6 Å². The van der Waals surface area contributed by atoms with Crippen LogP contribution in [0.5, 0.6) is 0 Å². The SMILES string of the molecule is CCOC(=O)c1ccsc1NC(=O)[C@H]1C2CCC(CC2)[C@@H]1C(=O)O. The lowest BCUT2D eigenvalue weighted by atomic mass is 9.58. The summed E-state index contributed by atoms with van der Waals surface area (Å²) in [5.41, 5.74) is 0.322. The number of rotatable bonds is 5. The normalized spacial score (nSPS) is 28.4. The molecule has 1 heterocycles. The number of carboxylic acids is 1. The molecule has 24 heavy (non-hydrogen) atoms. The average molecular weight is 351 g/mol. The highest BCUT2D eigenvalue weighted by molar-refractivity contribution is 7.14. The van der Waals surface area contributed by atoms with Crippen molar-refractivity contribution >= 4 is 34.2 Å². The number of esters is 1. The van der Waals surface area contributed by atoms with Gasteiger partial charge in [-0.25, -0.2) is 4.79 Å². The van der Waals surface area contributed by atoms with Crippen LogP contribution >= 0.6 is 11.3 Å². The molecule has 3 fully saturated rings. The van der Waals surface area contributed by atoms with Crippen molar-refractivity contribution in [2.75, 3.05) is 11.9 Å². The Morgan fingerprint density at radius 3 is 2.42 bits per heavy atom. The molecule has 130 valence electrons. The van der Waals surface area contributed by atoms with E-state index in [0.29, 0.717) is 10.6 Å². The van der Waals surface area contributed by atoms with E-state index in [1.165, 1.54) is 11.3 Å². The van der Waals surface area contributed by atoms with E-state index in [0.717, 1.165) is 25.7 Å². The molecule has 2 N–H and O–H groups in total. The highest BCUT2D eigenvalue weighted by atomic mass is 32.1. The zero-order valence-corrected chi connectivity index (χ0v) is 14.3. The number of hydrogen-bond donors (Lipinski definition) is 2. The van der Waals surface area contributed by atoms with Crippen molar-refractivity contribution < 1.29 is 24.2 Å². The van der Waals surface area contributed by atoms with E-state index in [4.69, 9.17) is 4.74 Å². The zero-order valence-electron chi connectivity index (χ0n) is 13.5. The maximum absolute atomic E-state index is 12.8. The molecule has 1 aromatic heterocycles. The van der Waals surface area contributed by atoms with E-state index in [1.807, 2.05) is 0 Å². The summed E-state index contributed by atoms with van der Waals surface area (Å²) >= 11 is 1.25. The van der Waals surface area contributed by atoms with Crippen molar-refractivity contribution in [2.45, 2.75) is 32.6 Å². The molecule has 3 saturated carbocycles. The van der Waals surface area contributed by atoms with Crippen LogP contribution < -0.4 is 5.32 Å². The summed E-state index contributed by atoms with van der Waals surface area (Å²) in [6.45, 7) is 1.98. The van der Waals surface area contributed by atoms with Crippen molar-refractivity contribution in [3.05, 3.63) is 17.0 Å². The van der Waals surface area contributed by atoms with Gasteiger partial charge in [0.05, 0.1) is 24.0 Å². The summed E-state index contributed by atoms with van der Waals surface area (Å²) in [5, 5.41) is 14.5. The Labute approximate surface area is 144 Å². The average Bonchev–Trinajstić information content (AvgIpc) is 3.03. The maximum atomic E-state index is 12.8. The summed E-state index contributed by atoms with van der Waals surface area (Å²) in [6.07, 6.45) is 3.58. The molecule has 0 aliphatic heterocycles. The van der Waals surface area contributed by atoms with Gasteiger partial charge in [0.2, 0.25) is 5.91 Å². The summed E-state index contributed by atoms with van der Waals surface area (Å²) in [5.74, 6) is -2.60. The van der Waals surface area contributed by atoms with E-state index in [9.17, 15) is 19.5 Å². The summed E-state index contributed by atoms with van der Waals surface area (Å²) in [6, 6.07) is 1.61. The number of nitrogens with one attached hydrogen (secondary N) is 1. The quantitative estimate of drug-likeness (QED) is 0.796. The lowest BCUT2D eigenvalue weighted by molar-refractivity contribution is -0.156. The van der Waals surface area contributed by atoms with Gasteiger partial charge >= 0.3 is 11.9 Å². The van der Waals surface area contributed by atoms with E-state index < -0.39 is 23.8 Å². The fourth-order valence-electron chi connectivity index (χ4n) is 4.15. The third kappa shape index (κ3) is 3.05. The van der Waals surface area contributed by atoms with Gasteiger partial charge in [0.15, 0.2) is 0 Å². The second kappa shape index (κ2) is 6.93. The number of amides is 1. The van der Waals surface area contributed by atoms with Gasteiger partial charge in [-0.15, -0.1) is 11.3 Å². The Morgan fingerprint density at radius 1 is 1.21 bits per heavy atom. The van der Waals surface area contributed by atoms with Crippen molar-refractivity contribution in [2.24, 2.45) is 23.7 Å². The van der Waals surface area contributed by atoms with Crippen LogP contribution in [0, 0.1) is 23.7 Å². The molecule has 7 heteroatoms. The molecule has 0 spiro atoms. The van der Waals surface area contributed by atoms with Crippen LogP contribution in [0.1, 0.15) is 43.0 Å². The molecule has 1 aromatic rings. The summed E-state index contributed by atoms with van der Waals surface area (Å²) in [4.78, 5) is 36.4. The van der Waals surface area contributed by atoms with Gasteiger partial charge in [-0.3, -0.25) is 9.59 Å². The van der Waals surface area contributed by atoms with Gasteiger partial charge in [-0.05, 0) is 55.9 Å². The first-order chi connectivity index (χ1) is 11.5. The third-order valence-electron chi connectivity index (χ3n) is 5.20. The first-order valence-corrected chi connectivity index (χ1v) is 9.19. The van der Waals surface area contributed by atoms with Gasteiger partial charge in [-0.2, -0.15) is 0 Å². The first-order valence-electron chi connectivity index (χ1n) is 8.31. The minimum Gasteiger partial charge on any atom is -0.481 e. The Morgan fingerprint density at radius 2 is 1.83 bits per heavy atom. The van der Waals surface area contributed by atoms with Crippen molar-refractivity contribution in [3.63, 3.8) is 0 Å². The van der Waals surface area contributed by atoms with Crippen molar-refractivity contribution in [1.29, 1.82) is 0 Å². The molecule has 2 bridgehead atoms. The van der Waals surface area contributed by atoms with Gasteiger partial charge in [0.25, 0.3) is 0 Å². The van der Waals surface area contributed by atoms with Gasteiger partial charge in [-0.1, -0.05) is 0 Å². The highest BCUT2D eigenvalue weighted by Gasteiger charge is 2.50. The van der Waals surface area contributed by atoms with Crippen LogP contribution in [-0.2, 0) is 14.3 Å². The number of ether oxygens (including phenoxy) is 1. The second-order valence-electron chi connectivity index (χ2n) is 6.44.